The van der Waals surface area contributed by atoms with Crippen molar-refractivity contribution in [2.75, 3.05) is 6.61 Å². The maximum atomic E-state index is 10.8. The van der Waals surface area contributed by atoms with E-state index in [2.05, 4.69) is 59.8 Å². The first-order valence-corrected chi connectivity index (χ1v) is 11.3. The van der Waals surface area contributed by atoms with Crippen LogP contribution in [-0.2, 0) is 17.8 Å². The number of hydrogen-bond donors (Lipinski definition) is 1. The molecule has 1 N–H and O–H groups in total. The molecule has 4 rings (SSSR count). The van der Waals surface area contributed by atoms with E-state index in [4.69, 9.17) is 9.84 Å². The van der Waals surface area contributed by atoms with Gasteiger partial charge in [-0.2, -0.15) is 5.10 Å². The van der Waals surface area contributed by atoms with E-state index in [-0.39, 0.29) is 12.5 Å². The molecular formula is C28H28N2O3. The Bertz CT molecular complexity index is 1120. The summed E-state index contributed by atoms with van der Waals surface area (Å²) in [4.78, 5) is 10.8. The Kier molecular flexibility index (Phi) is 7.54. The summed E-state index contributed by atoms with van der Waals surface area (Å²) >= 11 is 0. The van der Waals surface area contributed by atoms with Crippen LogP contribution in [0, 0.1) is 0 Å². The molecule has 33 heavy (non-hydrogen) atoms. The minimum atomic E-state index is -0.969. The Morgan fingerprint density at radius 1 is 0.848 bits per heavy atom. The van der Waals surface area contributed by atoms with Crippen LogP contribution in [0.1, 0.15) is 41.0 Å². The van der Waals surface area contributed by atoms with Gasteiger partial charge in [0, 0.05) is 24.2 Å². The van der Waals surface area contributed by atoms with Crippen LogP contribution in [0.2, 0.25) is 0 Å². The summed E-state index contributed by atoms with van der Waals surface area (Å²) in [5.41, 5.74) is 4.72. The number of benzene rings is 3. The monoisotopic (exact) mass is 440 g/mol. The SMILES string of the molecule is O=C(O)COc1ccccc1CCCCn1cc(C(c2ccccc2)c2ccccc2)cn1. The van der Waals surface area contributed by atoms with Gasteiger partial charge in [-0.25, -0.2) is 4.79 Å². The van der Waals surface area contributed by atoms with Gasteiger partial charge in [0.2, 0.25) is 0 Å². The third-order valence-electron chi connectivity index (χ3n) is 5.66. The summed E-state index contributed by atoms with van der Waals surface area (Å²) in [6.45, 7) is 0.505. The highest BCUT2D eigenvalue weighted by molar-refractivity contribution is 5.68. The van der Waals surface area contributed by atoms with Crippen LogP contribution >= 0.6 is 0 Å². The van der Waals surface area contributed by atoms with E-state index in [0.717, 1.165) is 31.4 Å². The maximum Gasteiger partial charge on any atom is 0.341 e. The van der Waals surface area contributed by atoms with E-state index in [1.54, 1.807) is 0 Å². The summed E-state index contributed by atoms with van der Waals surface area (Å²) in [5.74, 6) is -0.169. The molecule has 3 aromatic carbocycles. The number of aromatic nitrogens is 2. The van der Waals surface area contributed by atoms with E-state index < -0.39 is 5.97 Å². The van der Waals surface area contributed by atoms with E-state index in [9.17, 15) is 4.79 Å². The van der Waals surface area contributed by atoms with Crippen molar-refractivity contribution in [3.05, 3.63) is 120 Å². The lowest BCUT2D eigenvalue weighted by Crippen LogP contribution is -2.10. The lowest BCUT2D eigenvalue weighted by atomic mass is 9.87. The Morgan fingerprint density at radius 3 is 2.15 bits per heavy atom. The van der Waals surface area contributed by atoms with E-state index in [1.807, 2.05) is 47.3 Å². The number of unbranched alkanes of at least 4 members (excludes halogenated alkanes) is 1. The molecule has 0 bridgehead atoms. The van der Waals surface area contributed by atoms with Crippen LogP contribution in [0.3, 0.4) is 0 Å². The van der Waals surface area contributed by atoms with Gasteiger partial charge in [-0.15, -0.1) is 0 Å². The Hall–Kier alpha value is -3.86. The van der Waals surface area contributed by atoms with Crippen molar-refractivity contribution in [3.63, 3.8) is 0 Å². The number of aryl methyl sites for hydroxylation is 2. The molecule has 0 aliphatic heterocycles. The van der Waals surface area contributed by atoms with Crippen LogP contribution in [0.5, 0.6) is 5.75 Å². The predicted octanol–water partition coefficient (Wildman–Crippen LogP) is 5.55. The van der Waals surface area contributed by atoms with Gasteiger partial charge in [0.15, 0.2) is 6.61 Å². The van der Waals surface area contributed by atoms with Crippen molar-refractivity contribution in [1.82, 2.24) is 9.78 Å². The Labute approximate surface area is 194 Å². The van der Waals surface area contributed by atoms with E-state index in [1.165, 1.54) is 16.7 Å². The lowest BCUT2D eigenvalue weighted by Gasteiger charge is -2.16. The third-order valence-corrected chi connectivity index (χ3v) is 5.66. The molecule has 5 nitrogen and oxygen atoms in total. The molecule has 0 aliphatic carbocycles. The van der Waals surface area contributed by atoms with Gasteiger partial charge in [-0.05, 0) is 42.0 Å². The number of carboxylic acid groups (broad SMARTS) is 1. The van der Waals surface area contributed by atoms with Gasteiger partial charge in [0.05, 0.1) is 6.20 Å². The second-order valence-corrected chi connectivity index (χ2v) is 8.04. The minimum absolute atomic E-state index is 0.152. The lowest BCUT2D eigenvalue weighted by molar-refractivity contribution is -0.139. The van der Waals surface area contributed by atoms with Crippen LogP contribution in [-0.4, -0.2) is 27.5 Å². The minimum Gasteiger partial charge on any atom is -0.482 e. The molecule has 4 aromatic rings. The smallest absolute Gasteiger partial charge is 0.341 e. The average Bonchev–Trinajstić information content (AvgIpc) is 3.31. The Morgan fingerprint density at radius 2 is 1.48 bits per heavy atom. The van der Waals surface area contributed by atoms with Crippen LogP contribution in [0.25, 0.3) is 0 Å². The highest BCUT2D eigenvalue weighted by atomic mass is 16.5. The topological polar surface area (TPSA) is 64.3 Å². The van der Waals surface area contributed by atoms with Gasteiger partial charge in [-0.3, -0.25) is 4.68 Å². The van der Waals surface area contributed by atoms with E-state index in [0.29, 0.717) is 5.75 Å². The van der Waals surface area contributed by atoms with Crippen molar-refractivity contribution < 1.29 is 14.6 Å². The highest BCUT2D eigenvalue weighted by Gasteiger charge is 2.18. The van der Waals surface area contributed by atoms with Crippen molar-refractivity contribution in [3.8, 4) is 5.75 Å². The number of carbonyl (C=O) groups is 1. The first-order valence-electron chi connectivity index (χ1n) is 11.3. The van der Waals surface area contributed by atoms with Crippen LogP contribution in [0.15, 0.2) is 97.3 Å². The number of hydrogen-bond acceptors (Lipinski definition) is 3. The van der Waals surface area contributed by atoms with Gasteiger partial charge >= 0.3 is 5.97 Å². The maximum absolute atomic E-state index is 10.8. The fraction of sp³-hybridized carbons (Fsp3) is 0.214. The molecular weight excluding hydrogens is 412 g/mol. The molecule has 5 heteroatoms. The number of ether oxygens (including phenoxy) is 1. The molecule has 168 valence electrons. The van der Waals surface area contributed by atoms with Crippen molar-refractivity contribution in [2.24, 2.45) is 0 Å². The molecule has 0 atom stereocenters. The first kappa shape index (κ1) is 22.3. The molecule has 0 aliphatic rings. The third kappa shape index (κ3) is 6.10. The summed E-state index contributed by atoms with van der Waals surface area (Å²) in [5, 5.41) is 13.5. The zero-order valence-electron chi connectivity index (χ0n) is 18.5. The number of nitrogens with zero attached hydrogens (tertiary/aromatic N) is 2. The van der Waals surface area contributed by atoms with Crippen LogP contribution < -0.4 is 4.74 Å². The predicted molar refractivity (Wildman–Crippen MR) is 129 cm³/mol. The molecule has 0 radical (unpaired) electrons. The highest BCUT2D eigenvalue weighted by Crippen LogP contribution is 2.31. The fourth-order valence-electron chi connectivity index (χ4n) is 4.10. The normalized spacial score (nSPS) is 10.9. The number of para-hydroxylation sites is 1. The van der Waals surface area contributed by atoms with E-state index >= 15 is 0 Å². The van der Waals surface area contributed by atoms with Crippen molar-refractivity contribution in [2.45, 2.75) is 31.7 Å². The average molecular weight is 441 g/mol. The molecule has 0 fully saturated rings. The molecule has 0 saturated heterocycles. The molecule has 0 saturated carbocycles. The van der Waals surface area contributed by atoms with Crippen LogP contribution in [0.4, 0.5) is 0 Å². The second kappa shape index (κ2) is 11.1. The summed E-state index contributed by atoms with van der Waals surface area (Å²) in [6.07, 6.45) is 6.88. The van der Waals surface area contributed by atoms with Gasteiger partial charge in [0.25, 0.3) is 0 Å². The zero-order valence-corrected chi connectivity index (χ0v) is 18.5. The number of carboxylic acids is 1. The molecule has 1 heterocycles. The Balaban J connectivity index is 1.38. The summed E-state index contributed by atoms with van der Waals surface area (Å²) in [6, 6.07) is 28.7. The largest absolute Gasteiger partial charge is 0.482 e. The number of rotatable bonds is 11. The zero-order chi connectivity index (χ0) is 22.9. The standard InChI is InChI=1S/C28H28N2O3/c31-27(32)21-33-26-17-8-7-11-22(26)12-9-10-18-30-20-25(19-29-30)28(23-13-3-1-4-14-23)24-15-5-2-6-16-24/h1-8,11,13-17,19-20,28H,9-10,12,18,21H2,(H,31,32). The summed E-state index contributed by atoms with van der Waals surface area (Å²) < 4.78 is 7.43. The molecule has 0 unspecified atom stereocenters. The molecule has 0 spiro atoms. The first-order chi connectivity index (χ1) is 16.2. The van der Waals surface area contributed by atoms with Crippen molar-refractivity contribution in [1.29, 1.82) is 0 Å². The van der Waals surface area contributed by atoms with Gasteiger partial charge < -0.3 is 9.84 Å². The van der Waals surface area contributed by atoms with Crippen molar-refractivity contribution >= 4 is 5.97 Å². The molecule has 1 aromatic heterocycles. The quantitative estimate of drug-likeness (QED) is 0.311. The fourth-order valence-corrected chi connectivity index (χ4v) is 4.10. The van der Waals surface area contributed by atoms with Gasteiger partial charge in [-0.1, -0.05) is 78.9 Å². The van der Waals surface area contributed by atoms with Gasteiger partial charge in [0.1, 0.15) is 5.75 Å². The summed E-state index contributed by atoms with van der Waals surface area (Å²) in [7, 11) is 0. The second-order valence-electron chi connectivity index (χ2n) is 8.04. The molecule has 0 amide bonds. The number of aliphatic carboxylic acids is 1.